The van der Waals surface area contributed by atoms with Crippen molar-refractivity contribution in [2.24, 2.45) is 16.1 Å². The number of rotatable bonds is 5. The smallest absolute Gasteiger partial charge is 0.188 e. The fourth-order valence-corrected chi connectivity index (χ4v) is 1.19. The van der Waals surface area contributed by atoms with Crippen molar-refractivity contribution in [1.82, 2.24) is 5.32 Å². The van der Waals surface area contributed by atoms with Crippen LogP contribution >= 0.6 is 0 Å². The molecule has 0 heterocycles. The van der Waals surface area contributed by atoms with Gasteiger partial charge < -0.3 is 15.8 Å². The molecule has 0 fully saturated rings. The van der Waals surface area contributed by atoms with E-state index in [0.717, 1.165) is 13.0 Å². The van der Waals surface area contributed by atoms with Crippen molar-refractivity contribution in [3.05, 3.63) is 0 Å². The second kappa shape index (κ2) is 6.67. The molecule has 0 aromatic carbocycles. The molecule has 0 rings (SSSR count). The van der Waals surface area contributed by atoms with Crippen molar-refractivity contribution in [3.8, 4) is 0 Å². The molecule has 0 saturated carbocycles. The zero-order valence-electron chi connectivity index (χ0n) is 10.6. The maximum absolute atomic E-state index is 5.69. The van der Waals surface area contributed by atoms with Crippen LogP contribution in [0, 0.1) is 5.41 Å². The summed E-state index contributed by atoms with van der Waals surface area (Å²) in [6.07, 6.45) is 1.14. The largest absolute Gasteiger partial charge is 0.379 e. The zero-order valence-corrected chi connectivity index (χ0v) is 10.6. The van der Waals surface area contributed by atoms with E-state index < -0.39 is 0 Å². The van der Waals surface area contributed by atoms with Crippen molar-refractivity contribution in [1.29, 1.82) is 0 Å². The Kier molecular flexibility index (Phi) is 6.32. The topological polar surface area (TPSA) is 59.6 Å². The minimum atomic E-state index is 0.0866. The summed E-state index contributed by atoms with van der Waals surface area (Å²) in [7, 11) is 1.71. The Morgan fingerprint density at radius 1 is 1.47 bits per heavy atom. The minimum absolute atomic E-state index is 0.0866. The van der Waals surface area contributed by atoms with Gasteiger partial charge in [0.05, 0.1) is 12.6 Å². The van der Waals surface area contributed by atoms with Crippen LogP contribution in [0.5, 0.6) is 0 Å². The second-order valence-electron chi connectivity index (χ2n) is 4.74. The lowest BCUT2D eigenvalue weighted by molar-refractivity contribution is 0.0241. The summed E-state index contributed by atoms with van der Waals surface area (Å²) in [5.74, 6) is 0.503. The van der Waals surface area contributed by atoms with Crippen molar-refractivity contribution in [2.75, 3.05) is 20.2 Å². The summed E-state index contributed by atoms with van der Waals surface area (Å²) in [6, 6.07) is 0. The van der Waals surface area contributed by atoms with Crippen molar-refractivity contribution in [3.63, 3.8) is 0 Å². The lowest BCUT2D eigenvalue weighted by Gasteiger charge is -2.27. The molecule has 15 heavy (non-hydrogen) atoms. The van der Waals surface area contributed by atoms with E-state index in [1.807, 2.05) is 0 Å². The van der Waals surface area contributed by atoms with Crippen LogP contribution in [0.1, 0.15) is 34.1 Å². The highest BCUT2D eigenvalue weighted by molar-refractivity contribution is 5.77. The third kappa shape index (κ3) is 6.33. The number of nitrogens with one attached hydrogen (secondary N) is 1. The molecule has 90 valence electrons. The predicted molar refractivity (Wildman–Crippen MR) is 65.0 cm³/mol. The summed E-state index contributed by atoms with van der Waals surface area (Å²) in [5.41, 5.74) is 5.78. The van der Waals surface area contributed by atoms with Gasteiger partial charge in [0.2, 0.25) is 0 Å². The quantitative estimate of drug-likeness (QED) is 0.538. The Bertz CT molecular complexity index is 196. The van der Waals surface area contributed by atoms with E-state index in [0.29, 0.717) is 12.5 Å². The van der Waals surface area contributed by atoms with Crippen molar-refractivity contribution >= 4 is 5.96 Å². The first-order valence-electron chi connectivity index (χ1n) is 5.48. The van der Waals surface area contributed by atoms with Gasteiger partial charge in [-0.1, -0.05) is 27.7 Å². The molecule has 0 aromatic heterocycles. The average Bonchev–Trinajstić information content (AvgIpc) is 2.13. The van der Waals surface area contributed by atoms with E-state index >= 15 is 0 Å². The van der Waals surface area contributed by atoms with Crippen LogP contribution in [0.15, 0.2) is 4.99 Å². The molecule has 0 saturated heterocycles. The molecule has 0 aliphatic rings. The van der Waals surface area contributed by atoms with Crippen LogP contribution in [-0.2, 0) is 4.74 Å². The molecule has 0 aliphatic carbocycles. The number of methoxy groups -OCH3 is 1. The first-order valence-corrected chi connectivity index (χ1v) is 5.48. The highest BCUT2D eigenvalue weighted by Gasteiger charge is 2.23. The molecule has 1 unspecified atom stereocenters. The Hall–Kier alpha value is -0.770. The first-order chi connectivity index (χ1) is 6.91. The van der Waals surface area contributed by atoms with Crippen LogP contribution in [0.3, 0.4) is 0 Å². The van der Waals surface area contributed by atoms with Gasteiger partial charge in [-0.25, -0.2) is 0 Å². The molecule has 0 spiro atoms. The minimum Gasteiger partial charge on any atom is -0.379 e. The molecule has 0 amide bonds. The van der Waals surface area contributed by atoms with Gasteiger partial charge in [0.1, 0.15) is 0 Å². The van der Waals surface area contributed by atoms with E-state index in [2.05, 4.69) is 38.0 Å². The van der Waals surface area contributed by atoms with Gasteiger partial charge in [0.25, 0.3) is 0 Å². The van der Waals surface area contributed by atoms with Gasteiger partial charge in [0.15, 0.2) is 5.96 Å². The van der Waals surface area contributed by atoms with E-state index in [1.165, 1.54) is 0 Å². The van der Waals surface area contributed by atoms with E-state index in [1.54, 1.807) is 7.11 Å². The van der Waals surface area contributed by atoms with Crippen molar-refractivity contribution < 1.29 is 4.74 Å². The summed E-state index contributed by atoms with van der Waals surface area (Å²) in [6.45, 7) is 9.95. The lowest BCUT2D eigenvalue weighted by Crippen LogP contribution is -2.36. The normalized spacial score (nSPS) is 15.1. The molecule has 0 bridgehead atoms. The van der Waals surface area contributed by atoms with E-state index in [4.69, 9.17) is 10.5 Å². The molecule has 4 nitrogen and oxygen atoms in total. The first kappa shape index (κ1) is 14.2. The molecule has 0 radical (unpaired) electrons. The van der Waals surface area contributed by atoms with Crippen LogP contribution in [0.2, 0.25) is 0 Å². The lowest BCUT2D eigenvalue weighted by atomic mass is 9.89. The highest BCUT2D eigenvalue weighted by atomic mass is 16.5. The maximum Gasteiger partial charge on any atom is 0.188 e. The van der Waals surface area contributed by atoms with E-state index in [9.17, 15) is 0 Å². The van der Waals surface area contributed by atoms with Crippen LogP contribution in [0.4, 0.5) is 0 Å². The summed E-state index contributed by atoms with van der Waals surface area (Å²) in [4.78, 5) is 4.26. The van der Waals surface area contributed by atoms with Crippen LogP contribution in [0.25, 0.3) is 0 Å². The van der Waals surface area contributed by atoms with Gasteiger partial charge in [0, 0.05) is 13.7 Å². The molecule has 0 aliphatic heterocycles. The Morgan fingerprint density at radius 2 is 2.07 bits per heavy atom. The van der Waals surface area contributed by atoms with Gasteiger partial charge in [-0.3, -0.25) is 4.99 Å². The monoisotopic (exact) mass is 215 g/mol. The molecule has 0 aromatic rings. The predicted octanol–water partition coefficient (Wildman–Crippen LogP) is 1.36. The van der Waals surface area contributed by atoms with Gasteiger partial charge in [-0.15, -0.1) is 0 Å². The van der Waals surface area contributed by atoms with Crippen LogP contribution in [-0.4, -0.2) is 32.3 Å². The zero-order chi connectivity index (χ0) is 11.9. The molecule has 1 atom stereocenters. The molecular formula is C11H25N3O. The molecular weight excluding hydrogens is 190 g/mol. The summed E-state index contributed by atoms with van der Waals surface area (Å²) < 4.78 is 5.38. The number of nitrogens with zero attached hydrogens (tertiary/aromatic N) is 1. The maximum atomic E-state index is 5.69. The number of hydrogen-bond acceptors (Lipinski definition) is 2. The molecule has 4 heteroatoms. The van der Waals surface area contributed by atoms with Gasteiger partial charge >= 0.3 is 0 Å². The number of aliphatic imine (C=N–C) groups is 1. The third-order valence-electron chi connectivity index (χ3n) is 2.23. The fraction of sp³-hybridized carbons (Fsp3) is 0.909. The third-order valence-corrected chi connectivity index (χ3v) is 2.23. The Labute approximate surface area is 93.3 Å². The van der Waals surface area contributed by atoms with Crippen molar-refractivity contribution in [2.45, 2.75) is 40.2 Å². The summed E-state index contributed by atoms with van der Waals surface area (Å²) >= 11 is 0. The van der Waals surface area contributed by atoms with Gasteiger partial charge in [-0.2, -0.15) is 0 Å². The second-order valence-corrected chi connectivity index (χ2v) is 4.74. The van der Waals surface area contributed by atoms with Gasteiger partial charge in [-0.05, 0) is 11.8 Å². The number of ether oxygens (including phenoxy) is 1. The fourth-order valence-electron chi connectivity index (χ4n) is 1.19. The van der Waals surface area contributed by atoms with Crippen LogP contribution < -0.4 is 11.1 Å². The van der Waals surface area contributed by atoms with E-state index in [-0.39, 0.29) is 11.5 Å². The highest BCUT2D eigenvalue weighted by Crippen LogP contribution is 2.21. The average molecular weight is 215 g/mol. The Morgan fingerprint density at radius 3 is 2.47 bits per heavy atom. The SMILES string of the molecule is CCCNC(N)=NCC(OC)C(C)(C)C. The number of nitrogens with two attached hydrogens (primary N) is 1. The number of hydrogen-bond donors (Lipinski definition) is 2. The molecule has 3 N–H and O–H groups in total. The Balaban J connectivity index is 4.09. The number of guanidine groups is 1. The standard InChI is InChI=1S/C11H25N3O/c1-6-7-13-10(12)14-8-9(15-5)11(2,3)4/h9H,6-8H2,1-5H3,(H3,12,13,14). The summed E-state index contributed by atoms with van der Waals surface area (Å²) in [5, 5.41) is 3.04.